The van der Waals surface area contributed by atoms with Crippen LogP contribution in [-0.4, -0.2) is 19.2 Å². The Morgan fingerprint density at radius 1 is 1.24 bits per heavy atom. The van der Waals surface area contributed by atoms with Gasteiger partial charge >= 0.3 is 0 Å². The first-order chi connectivity index (χ1) is 10.1. The predicted molar refractivity (Wildman–Crippen MR) is 85.7 cm³/mol. The van der Waals surface area contributed by atoms with Gasteiger partial charge in [-0.2, -0.15) is 0 Å². The van der Waals surface area contributed by atoms with Gasteiger partial charge in [0.2, 0.25) is 0 Å². The molecule has 5 nitrogen and oxygen atoms in total. The first-order valence-electron chi connectivity index (χ1n) is 6.10. The van der Waals surface area contributed by atoms with Crippen molar-refractivity contribution in [2.45, 2.75) is 6.04 Å². The molecule has 1 atom stereocenters. The van der Waals surface area contributed by atoms with Crippen molar-refractivity contribution in [2.75, 3.05) is 14.2 Å². The fourth-order valence-electron chi connectivity index (χ4n) is 2.07. The van der Waals surface area contributed by atoms with Crippen molar-refractivity contribution >= 4 is 27.5 Å². The highest BCUT2D eigenvalue weighted by molar-refractivity contribution is 9.10. The molecule has 112 valence electrons. The predicted octanol–water partition coefficient (Wildman–Crippen LogP) is 3.07. The number of halogens is 2. The zero-order valence-corrected chi connectivity index (χ0v) is 13.9. The smallest absolute Gasteiger partial charge is 0.141 e. The standard InChI is InChI=1S/C14H15BrClN3O2/c1-20-10-5-4-9(14(21-2)12(10)15)13(19-17)8-3-6-11(16)18-7-8/h3-7,13,19H,17H2,1-2H3. The highest BCUT2D eigenvalue weighted by Crippen LogP contribution is 2.40. The minimum atomic E-state index is -0.285. The molecule has 21 heavy (non-hydrogen) atoms. The van der Waals surface area contributed by atoms with Gasteiger partial charge in [-0.05, 0) is 39.7 Å². The van der Waals surface area contributed by atoms with Crippen LogP contribution in [0.25, 0.3) is 0 Å². The molecule has 0 amide bonds. The lowest BCUT2D eigenvalue weighted by Gasteiger charge is -2.21. The van der Waals surface area contributed by atoms with Crippen LogP contribution in [0.4, 0.5) is 0 Å². The Morgan fingerprint density at radius 3 is 2.52 bits per heavy atom. The Bertz CT molecular complexity index is 622. The maximum absolute atomic E-state index is 5.82. The van der Waals surface area contributed by atoms with Crippen LogP contribution in [0, 0.1) is 0 Å². The molecule has 7 heteroatoms. The molecule has 3 N–H and O–H groups in total. The van der Waals surface area contributed by atoms with E-state index in [-0.39, 0.29) is 6.04 Å². The van der Waals surface area contributed by atoms with Crippen molar-refractivity contribution in [3.63, 3.8) is 0 Å². The van der Waals surface area contributed by atoms with Gasteiger partial charge in [0.1, 0.15) is 21.1 Å². The van der Waals surface area contributed by atoms with Crippen LogP contribution in [0.1, 0.15) is 17.2 Å². The monoisotopic (exact) mass is 371 g/mol. The average Bonchev–Trinajstić information content (AvgIpc) is 2.50. The Hall–Kier alpha value is -1.34. The van der Waals surface area contributed by atoms with Gasteiger partial charge < -0.3 is 9.47 Å². The molecule has 0 aliphatic rings. The second-order valence-electron chi connectivity index (χ2n) is 4.22. The van der Waals surface area contributed by atoms with Crippen LogP contribution in [0.15, 0.2) is 34.9 Å². The maximum atomic E-state index is 5.82. The van der Waals surface area contributed by atoms with Crippen molar-refractivity contribution in [2.24, 2.45) is 5.84 Å². The molecule has 0 saturated heterocycles. The lowest BCUT2D eigenvalue weighted by molar-refractivity contribution is 0.383. The second kappa shape index (κ2) is 7.09. The fourth-order valence-corrected chi connectivity index (χ4v) is 2.87. The Labute approximate surface area is 136 Å². The molecule has 0 aliphatic carbocycles. The zero-order chi connectivity index (χ0) is 15.4. The van der Waals surface area contributed by atoms with Gasteiger partial charge in [-0.1, -0.05) is 17.7 Å². The largest absolute Gasteiger partial charge is 0.495 e. The third-order valence-electron chi connectivity index (χ3n) is 3.08. The van der Waals surface area contributed by atoms with E-state index in [2.05, 4.69) is 26.3 Å². The summed E-state index contributed by atoms with van der Waals surface area (Å²) in [6, 6.07) is 7.02. The van der Waals surface area contributed by atoms with Gasteiger partial charge in [0.05, 0.1) is 20.3 Å². The topological polar surface area (TPSA) is 69.4 Å². The summed E-state index contributed by atoms with van der Waals surface area (Å²) in [5, 5.41) is 0.428. The average molecular weight is 373 g/mol. The van der Waals surface area contributed by atoms with Crippen LogP contribution < -0.4 is 20.7 Å². The van der Waals surface area contributed by atoms with E-state index in [1.165, 1.54) is 0 Å². The number of nitrogens with two attached hydrogens (primary N) is 1. The number of hydrazine groups is 1. The summed E-state index contributed by atoms with van der Waals surface area (Å²) < 4.78 is 11.5. The van der Waals surface area contributed by atoms with Crippen molar-refractivity contribution in [1.82, 2.24) is 10.4 Å². The molecule has 1 aromatic heterocycles. The Kier molecular flexibility index (Phi) is 5.41. The van der Waals surface area contributed by atoms with E-state index < -0.39 is 0 Å². The highest BCUT2D eigenvalue weighted by atomic mass is 79.9. The summed E-state index contributed by atoms with van der Waals surface area (Å²) in [5.41, 5.74) is 4.50. The quantitative estimate of drug-likeness (QED) is 0.479. The number of hydrogen-bond donors (Lipinski definition) is 2. The van der Waals surface area contributed by atoms with Crippen LogP contribution in [0.5, 0.6) is 11.5 Å². The summed E-state index contributed by atoms with van der Waals surface area (Å²) in [5.74, 6) is 7.03. The number of hydrogen-bond acceptors (Lipinski definition) is 5. The minimum Gasteiger partial charge on any atom is -0.495 e. The van der Waals surface area contributed by atoms with Crippen LogP contribution in [0.3, 0.4) is 0 Å². The van der Waals surface area contributed by atoms with Crippen molar-refractivity contribution < 1.29 is 9.47 Å². The van der Waals surface area contributed by atoms with Crippen molar-refractivity contribution in [3.05, 3.63) is 51.2 Å². The molecular weight excluding hydrogens is 358 g/mol. The number of pyridine rings is 1. The van der Waals surface area contributed by atoms with Crippen LogP contribution in [0.2, 0.25) is 5.15 Å². The number of nitrogens with zero attached hydrogens (tertiary/aromatic N) is 1. The maximum Gasteiger partial charge on any atom is 0.141 e. The Morgan fingerprint density at radius 2 is 2.00 bits per heavy atom. The molecule has 2 rings (SSSR count). The van der Waals surface area contributed by atoms with Gasteiger partial charge in [0.25, 0.3) is 0 Å². The summed E-state index contributed by atoms with van der Waals surface area (Å²) in [6.07, 6.45) is 1.67. The number of benzene rings is 1. The molecule has 0 saturated carbocycles. The summed E-state index contributed by atoms with van der Waals surface area (Å²) in [7, 11) is 3.19. The number of nitrogens with one attached hydrogen (secondary N) is 1. The van der Waals surface area contributed by atoms with E-state index in [0.29, 0.717) is 16.7 Å². The van der Waals surface area contributed by atoms with E-state index in [0.717, 1.165) is 15.6 Å². The number of rotatable bonds is 5. The van der Waals surface area contributed by atoms with E-state index in [4.69, 9.17) is 26.9 Å². The van der Waals surface area contributed by atoms with Gasteiger partial charge in [0.15, 0.2) is 0 Å². The second-order valence-corrected chi connectivity index (χ2v) is 5.40. The highest BCUT2D eigenvalue weighted by Gasteiger charge is 2.21. The third kappa shape index (κ3) is 3.29. The molecular formula is C14H15BrClN3O2. The molecule has 0 radical (unpaired) electrons. The number of aromatic nitrogens is 1. The van der Waals surface area contributed by atoms with Gasteiger partial charge in [-0.3, -0.25) is 5.84 Å². The normalized spacial score (nSPS) is 12.0. The van der Waals surface area contributed by atoms with Crippen molar-refractivity contribution in [1.29, 1.82) is 0 Å². The molecule has 1 unspecified atom stereocenters. The lowest BCUT2D eigenvalue weighted by atomic mass is 9.99. The molecule has 0 fully saturated rings. The first kappa shape index (κ1) is 16.0. The Balaban J connectivity index is 2.52. The lowest BCUT2D eigenvalue weighted by Crippen LogP contribution is -2.29. The summed E-state index contributed by atoms with van der Waals surface area (Å²) in [6.45, 7) is 0. The molecule has 1 heterocycles. The van der Waals surface area contributed by atoms with Gasteiger partial charge in [-0.15, -0.1) is 0 Å². The number of methoxy groups -OCH3 is 2. The van der Waals surface area contributed by atoms with E-state index in [1.807, 2.05) is 18.2 Å². The molecule has 1 aromatic carbocycles. The molecule has 0 aliphatic heterocycles. The molecule has 0 bridgehead atoms. The van der Waals surface area contributed by atoms with E-state index >= 15 is 0 Å². The third-order valence-corrected chi connectivity index (χ3v) is 4.05. The van der Waals surface area contributed by atoms with E-state index in [9.17, 15) is 0 Å². The van der Waals surface area contributed by atoms with E-state index in [1.54, 1.807) is 26.5 Å². The number of ether oxygens (including phenoxy) is 2. The summed E-state index contributed by atoms with van der Waals surface area (Å²) in [4.78, 5) is 4.08. The minimum absolute atomic E-state index is 0.285. The summed E-state index contributed by atoms with van der Waals surface area (Å²) >= 11 is 9.30. The zero-order valence-electron chi connectivity index (χ0n) is 11.6. The van der Waals surface area contributed by atoms with Crippen LogP contribution in [-0.2, 0) is 0 Å². The van der Waals surface area contributed by atoms with Crippen LogP contribution >= 0.6 is 27.5 Å². The van der Waals surface area contributed by atoms with Gasteiger partial charge in [0, 0.05) is 11.8 Å². The fraction of sp³-hybridized carbons (Fsp3) is 0.214. The molecule has 0 spiro atoms. The first-order valence-corrected chi connectivity index (χ1v) is 7.27. The van der Waals surface area contributed by atoms with Gasteiger partial charge in [-0.25, -0.2) is 10.4 Å². The van der Waals surface area contributed by atoms with Crippen molar-refractivity contribution in [3.8, 4) is 11.5 Å². The SMILES string of the molecule is COc1ccc(C(NN)c2ccc(Cl)nc2)c(OC)c1Br. The molecule has 2 aromatic rings.